The fraction of sp³-hybridized carbons (Fsp3) is 0.241. The lowest BCUT2D eigenvalue weighted by Gasteiger charge is -2.16. The van der Waals surface area contributed by atoms with Crippen molar-refractivity contribution in [2.45, 2.75) is 32.1 Å². The number of nitrogens with zero attached hydrogens (tertiary/aromatic N) is 3. The largest absolute Gasteiger partial charge is 0.481 e. The molecule has 2 atom stereocenters. The Hall–Kier alpha value is -4.64. The quantitative estimate of drug-likeness (QED) is 0.279. The standard InChI is InChI=1S/C29H29N5O3/c1-20(16-27-31-13-14-32-27)10-12-33-29(37)26(17-28(35)36)24-11-15-34(19-24)25-8-6-23(7-9-25)22-4-2-21(18-30)3-5-22/h2-9,11,13-15,19-20,26H,10,12,16-17H2,1H3,(H,31,32)(H,33,37)(H,35,36)/t20-,26-/m0/s1. The number of nitrogens with one attached hydrogen (secondary N) is 2. The van der Waals surface area contributed by atoms with Gasteiger partial charge in [0.1, 0.15) is 5.82 Å². The van der Waals surface area contributed by atoms with Crippen molar-refractivity contribution in [2.24, 2.45) is 5.92 Å². The normalized spacial score (nSPS) is 12.4. The highest BCUT2D eigenvalue weighted by atomic mass is 16.4. The molecule has 0 spiro atoms. The summed E-state index contributed by atoms with van der Waals surface area (Å²) in [5.74, 6) is -0.865. The number of carbonyl (C=O) groups is 2. The van der Waals surface area contributed by atoms with Crippen molar-refractivity contribution < 1.29 is 14.7 Å². The van der Waals surface area contributed by atoms with Gasteiger partial charge in [-0.25, -0.2) is 4.98 Å². The smallest absolute Gasteiger partial charge is 0.304 e. The van der Waals surface area contributed by atoms with Gasteiger partial charge in [-0.2, -0.15) is 5.26 Å². The van der Waals surface area contributed by atoms with Crippen molar-refractivity contribution in [1.82, 2.24) is 19.9 Å². The minimum Gasteiger partial charge on any atom is -0.481 e. The maximum absolute atomic E-state index is 12.9. The second-order valence-electron chi connectivity index (χ2n) is 9.16. The van der Waals surface area contributed by atoms with E-state index in [9.17, 15) is 14.7 Å². The third kappa shape index (κ3) is 6.73. The number of amides is 1. The third-order valence-electron chi connectivity index (χ3n) is 6.36. The summed E-state index contributed by atoms with van der Waals surface area (Å²) in [4.78, 5) is 31.8. The molecule has 1 amide bonds. The summed E-state index contributed by atoms with van der Waals surface area (Å²) < 4.78 is 1.88. The van der Waals surface area contributed by atoms with E-state index in [1.807, 2.05) is 53.4 Å². The average molecular weight is 496 g/mol. The van der Waals surface area contributed by atoms with Gasteiger partial charge in [0, 0.05) is 43.4 Å². The summed E-state index contributed by atoms with van der Waals surface area (Å²) in [6, 6.07) is 19.2. The molecule has 0 saturated heterocycles. The van der Waals surface area contributed by atoms with Gasteiger partial charge in [0.2, 0.25) is 5.91 Å². The number of imidazole rings is 1. The van der Waals surface area contributed by atoms with Crippen LogP contribution in [0.2, 0.25) is 0 Å². The first-order valence-corrected chi connectivity index (χ1v) is 12.2. The molecule has 0 saturated carbocycles. The van der Waals surface area contributed by atoms with Crippen LogP contribution < -0.4 is 5.32 Å². The van der Waals surface area contributed by atoms with E-state index in [2.05, 4.69) is 28.3 Å². The number of hydrogen-bond acceptors (Lipinski definition) is 4. The van der Waals surface area contributed by atoms with E-state index in [1.165, 1.54) is 0 Å². The van der Waals surface area contributed by atoms with Crippen LogP contribution in [0.15, 0.2) is 79.4 Å². The van der Waals surface area contributed by atoms with E-state index in [-0.39, 0.29) is 12.3 Å². The lowest BCUT2D eigenvalue weighted by atomic mass is 9.97. The molecule has 2 heterocycles. The Morgan fingerprint density at radius 1 is 1.11 bits per heavy atom. The molecule has 0 aliphatic heterocycles. The van der Waals surface area contributed by atoms with Crippen molar-refractivity contribution >= 4 is 11.9 Å². The zero-order chi connectivity index (χ0) is 26.2. The molecule has 2 aromatic heterocycles. The Bertz CT molecular complexity index is 1370. The molecule has 4 rings (SSSR count). The molecular formula is C29H29N5O3. The number of rotatable bonds is 11. The fourth-order valence-electron chi connectivity index (χ4n) is 4.29. The molecule has 0 unspecified atom stereocenters. The van der Waals surface area contributed by atoms with Crippen LogP contribution in [0.3, 0.4) is 0 Å². The molecule has 2 aromatic carbocycles. The predicted octanol–water partition coefficient (Wildman–Crippen LogP) is 4.68. The summed E-state index contributed by atoms with van der Waals surface area (Å²) in [5.41, 5.74) is 4.19. The molecule has 8 nitrogen and oxygen atoms in total. The van der Waals surface area contributed by atoms with Crippen LogP contribution in [0.1, 0.15) is 42.6 Å². The number of carbonyl (C=O) groups excluding carboxylic acids is 1. The maximum Gasteiger partial charge on any atom is 0.304 e. The van der Waals surface area contributed by atoms with Crippen LogP contribution in [0.5, 0.6) is 0 Å². The summed E-state index contributed by atoms with van der Waals surface area (Å²) in [6.45, 7) is 2.56. The number of carboxylic acid groups (broad SMARTS) is 1. The molecular weight excluding hydrogens is 466 g/mol. The van der Waals surface area contributed by atoms with Crippen LogP contribution >= 0.6 is 0 Å². The summed E-state index contributed by atoms with van der Waals surface area (Å²) >= 11 is 0. The first kappa shape index (κ1) is 25.5. The highest BCUT2D eigenvalue weighted by Crippen LogP contribution is 2.25. The second-order valence-corrected chi connectivity index (χ2v) is 9.16. The Morgan fingerprint density at radius 2 is 1.81 bits per heavy atom. The van der Waals surface area contributed by atoms with Gasteiger partial charge >= 0.3 is 5.97 Å². The molecule has 3 N–H and O–H groups in total. The van der Waals surface area contributed by atoms with Crippen molar-refractivity contribution in [3.05, 3.63) is 96.3 Å². The lowest BCUT2D eigenvalue weighted by molar-refractivity contribution is -0.139. The van der Waals surface area contributed by atoms with E-state index >= 15 is 0 Å². The molecule has 0 aliphatic carbocycles. The Morgan fingerprint density at radius 3 is 2.43 bits per heavy atom. The van der Waals surface area contributed by atoms with Crippen LogP contribution in [0.4, 0.5) is 0 Å². The van der Waals surface area contributed by atoms with Crippen molar-refractivity contribution in [2.75, 3.05) is 6.54 Å². The van der Waals surface area contributed by atoms with Crippen LogP contribution in [0.25, 0.3) is 16.8 Å². The van der Waals surface area contributed by atoms with Gasteiger partial charge in [-0.05, 0) is 59.4 Å². The van der Waals surface area contributed by atoms with Crippen molar-refractivity contribution in [3.63, 3.8) is 0 Å². The van der Waals surface area contributed by atoms with Gasteiger partial charge in [-0.3, -0.25) is 9.59 Å². The number of aliphatic carboxylic acids is 1. The van der Waals surface area contributed by atoms with Gasteiger partial charge in [0.15, 0.2) is 0 Å². The fourth-order valence-corrected chi connectivity index (χ4v) is 4.29. The van der Waals surface area contributed by atoms with E-state index in [1.54, 1.807) is 30.6 Å². The Balaban J connectivity index is 1.40. The second kappa shape index (κ2) is 11.9. The van der Waals surface area contributed by atoms with Crippen LogP contribution in [0, 0.1) is 17.2 Å². The average Bonchev–Trinajstić information content (AvgIpc) is 3.60. The molecule has 0 bridgehead atoms. The lowest BCUT2D eigenvalue weighted by Crippen LogP contribution is -2.32. The minimum absolute atomic E-state index is 0.282. The summed E-state index contributed by atoms with van der Waals surface area (Å²) in [6.07, 6.45) is 8.41. The number of benzene rings is 2. The molecule has 4 aromatic rings. The number of hydrogen-bond donors (Lipinski definition) is 3. The first-order chi connectivity index (χ1) is 17.9. The first-order valence-electron chi connectivity index (χ1n) is 12.2. The van der Waals surface area contributed by atoms with Crippen molar-refractivity contribution in [1.29, 1.82) is 5.26 Å². The molecule has 0 radical (unpaired) electrons. The monoisotopic (exact) mass is 495 g/mol. The van der Waals surface area contributed by atoms with E-state index in [0.29, 0.717) is 23.6 Å². The van der Waals surface area contributed by atoms with Gasteiger partial charge in [-0.1, -0.05) is 31.2 Å². The van der Waals surface area contributed by atoms with E-state index < -0.39 is 11.9 Å². The van der Waals surface area contributed by atoms with Gasteiger partial charge in [0.05, 0.1) is 24.0 Å². The SMILES string of the molecule is C[C@@H](CCNC(=O)[C@@H](CC(=O)O)c1ccn(-c2ccc(-c3ccc(C#N)cc3)cc2)c1)Cc1ncc[nH]1. The summed E-state index contributed by atoms with van der Waals surface area (Å²) in [7, 11) is 0. The molecule has 188 valence electrons. The molecule has 37 heavy (non-hydrogen) atoms. The minimum atomic E-state index is -1.02. The topological polar surface area (TPSA) is 124 Å². The van der Waals surface area contributed by atoms with Crippen LogP contribution in [-0.4, -0.2) is 38.1 Å². The van der Waals surface area contributed by atoms with Gasteiger partial charge < -0.3 is 20.0 Å². The third-order valence-corrected chi connectivity index (χ3v) is 6.36. The number of aromatic nitrogens is 3. The zero-order valence-electron chi connectivity index (χ0n) is 20.6. The Labute approximate surface area is 215 Å². The van der Waals surface area contributed by atoms with Crippen LogP contribution in [-0.2, 0) is 16.0 Å². The molecule has 8 heteroatoms. The van der Waals surface area contributed by atoms with Crippen molar-refractivity contribution in [3.8, 4) is 22.9 Å². The number of nitriles is 1. The molecule has 0 aliphatic rings. The molecule has 0 fully saturated rings. The zero-order valence-corrected chi connectivity index (χ0v) is 20.6. The highest BCUT2D eigenvalue weighted by Gasteiger charge is 2.24. The predicted molar refractivity (Wildman–Crippen MR) is 140 cm³/mol. The van der Waals surface area contributed by atoms with E-state index in [4.69, 9.17) is 5.26 Å². The number of carboxylic acids is 1. The van der Waals surface area contributed by atoms with Gasteiger partial charge in [-0.15, -0.1) is 0 Å². The highest BCUT2D eigenvalue weighted by molar-refractivity contribution is 5.87. The maximum atomic E-state index is 12.9. The number of aromatic amines is 1. The summed E-state index contributed by atoms with van der Waals surface area (Å²) in [5, 5.41) is 21.3. The number of H-pyrrole nitrogens is 1. The Kier molecular flexibility index (Phi) is 8.16. The van der Waals surface area contributed by atoms with Gasteiger partial charge in [0.25, 0.3) is 0 Å². The van der Waals surface area contributed by atoms with E-state index in [0.717, 1.165) is 35.5 Å².